The molecule has 4 aromatic rings. The first-order valence-corrected chi connectivity index (χ1v) is 10.7. The first-order valence-electron chi connectivity index (χ1n) is 9.43. The Morgan fingerprint density at radius 1 is 0.967 bits per heavy atom. The molecule has 1 amide bonds. The Bertz CT molecular complexity index is 1130. The quantitative estimate of drug-likeness (QED) is 0.398. The largest absolute Gasteiger partial charge is 0.484 e. The topological polar surface area (TPSA) is 51.2 Å². The molecule has 0 aliphatic carbocycles. The Hall–Kier alpha value is -3.15. The zero-order valence-electron chi connectivity index (χ0n) is 16.0. The van der Waals surface area contributed by atoms with Crippen LogP contribution in [-0.2, 0) is 11.3 Å². The molecule has 4 rings (SSSR count). The van der Waals surface area contributed by atoms with Gasteiger partial charge in [0.15, 0.2) is 6.61 Å². The number of rotatable bonds is 7. The minimum Gasteiger partial charge on any atom is -0.484 e. The molecule has 0 fully saturated rings. The summed E-state index contributed by atoms with van der Waals surface area (Å²) in [6, 6.07) is 25.1. The van der Waals surface area contributed by atoms with Crippen molar-refractivity contribution in [1.82, 2.24) is 10.3 Å². The van der Waals surface area contributed by atoms with Gasteiger partial charge in [-0.2, -0.15) is 0 Å². The van der Waals surface area contributed by atoms with Crippen LogP contribution in [0.2, 0.25) is 5.02 Å². The molecule has 0 spiro atoms. The second kappa shape index (κ2) is 9.57. The highest BCUT2D eigenvalue weighted by atomic mass is 35.5. The number of carbonyl (C=O) groups is 1. The molecule has 4 nitrogen and oxygen atoms in total. The van der Waals surface area contributed by atoms with Gasteiger partial charge in [-0.05, 0) is 35.9 Å². The molecule has 0 saturated heterocycles. The number of nitrogens with zero attached hydrogens (tertiary/aromatic N) is 1. The molecule has 0 bridgehead atoms. The fraction of sp³-hybridized carbons (Fsp3) is 0.0833. The Morgan fingerprint density at radius 3 is 2.53 bits per heavy atom. The van der Waals surface area contributed by atoms with Gasteiger partial charge >= 0.3 is 0 Å². The second-order valence-electron chi connectivity index (χ2n) is 6.62. The van der Waals surface area contributed by atoms with Crippen molar-refractivity contribution < 1.29 is 9.53 Å². The number of hydrogen-bond donors (Lipinski definition) is 1. The van der Waals surface area contributed by atoms with Crippen LogP contribution in [0.4, 0.5) is 0 Å². The lowest BCUT2D eigenvalue weighted by Crippen LogP contribution is -2.28. The van der Waals surface area contributed by atoms with Crippen LogP contribution in [-0.4, -0.2) is 17.5 Å². The minimum absolute atomic E-state index is 0.0474. The maximum Gasteiger partial charge on any atom is 0.258 e. The zero-order chi connectivity index (χ0) is 20.8. The number of thiazole rings is 1. The number of hydrogen-bond acceptors (Lipinski definition) is 4. The van der Waals surface area contributed by atoms with Crippen LogP contribution in [0.25, 0.3) is 21.8 Å². The molecule has 0 saturated carbocycles. The van der Waals surface area contributed by atoms with Gasteiger partial charge in [0.25, 0.3) is 5.91 Å². The molecule has 1 N–H and O–H groups in total. The van der Waals surface area contributed by atoms with Crippen molar-refractivity contribution in [1.29, 1.82) is 0 Å². The average molecular weight is 435 g/mol. The van der Waals surface area contributed by atoms with Crippen LogP contribution < -0.4 is 10.1 Å². The fourth-order valence-electron chi connectivity index (χ4n) is 2.89. The summed E-state index contributed by atoms with van der Waals surface area (Å²) in [5.41, 5.74) is 4.10. The Kier molecular flexibility index (Phi) is 6.42. The monoisotopic (exact) mass is 434 g/mol. The van der Waals surface area contributed by atoms with Gasteiger partial charge in [0.1, 0.15) is 10.8 Å². The zero-order valence-corrected chi connectivity index (χ0v) is 17.6. The van der Waals surface area contributed by atoms with Gasteiger partial charge in [0, 0.05) is 28.1 Å². The molecule has 6 heteroatoms. The van der Waals surface area contributed by atoms with Gasteiger partial charge in [-0.15, -0.1) is 11.3 Å². The molecule has 0 radical (unpaired) electrons. The summed E-state index contributed by atoms with van der Waals surface area (Å²) in [7, 11) is 0. The molecule has 0 unspecified atom stereocenters. The van der Waals surface area contributed by atoms with E-state index in [0.717, 1.165) is 27.4 Å². The molecule has 150 valence electrons. The van der Waals surface area contributed by atoms with Crippen molar-refractivity contribution in [3.8, 4) is 27.6 Å². The summed E-state index contributed by atoms with van der Waals surface area (Å²) in [4.78, 5) is 16.9. The summed E-state index contributed by atoms with van der Waals surface area (Å²) in [5, 5.41) is 6.53. The first-order chi connectivity index (χ1) is 14.7. The number of carbonyl (C=O) groups excluding carboxylic acids is 1. The third-order valence-corrected chi connectivity index (χ3v) is 5.56. The maximum atomic E-state index is 12.1. The number of aromatic nitrogens is 1. The van der Waals surface area contributed by atoms with Gasteiger partial charge in [0.05, 0.1) is 5.69 Å². The van der Waals surface area contributed by atoms with Crippen LogP contribution in [0.15, 0.2) is 84.2 Å². The lowest BCUT2D eigenvalue weighted by atomic mass is 10.1. The fourth-order valence-corrected chi connectivity index (χ4v) is 3.85. The van der Waals surface area contributed by atoms with Crippen LogP contribution in [0.3, 0.4) is 0 Å². The first kappa shape index (κ1) is 20.1. The maximum absolute atomic E-state index is 12.1. The third-order valence-electron chi connectivity index (χ3n) is 4.42. The Morgan fingerprint density at radius 2 is 1.73 bits per heavy atom. The lowest BCUT2D eigenvalue weighted by molar-refractivity contribution is -0.123. The van der Waals surface area contributed by atoms with Crippen molar-refractivity contribution in [3.63, 3.8) is 0 Å². The highest BCUT2D eigenvalue weighted by Crippen LogP contribution is 2.29. The van der Waals surface area contributed by atoms with Crippen LogP contribution in [0, 0.1) is 0 Å². The molecule has 0 atom stereocenters. The van der Waals surface area contributed by atoms with E-state index in [1.807, 2.05) is 42.5 Å². The molecule has 0 aliphatic rings. The number of amides is 1. The number of ether oxygens (including phenoxy) is 1. The molecular formula is C24H19ClN2O2S. The van der Waals surface area contributed by atoms with Gasteiger partial charge < -0.3 is 10.1 Å². The van der Waals surface area contributed by atoms with Crippen LogP contribution in [0.1, 0.15) is 5.56 Å². The highest BCUT2D eigenvalue weighted by Gasteiger charge is 2.08. The summed E-state index contributed by atoms with van der Waals surface area (Å²) in [6.07, 6.45) is 0. The van der Waals surface area contributed by atoms with E-state index in [1.54, 1.807) is 35.6 Å². The molecule has 30 heavy (non-hydrogen) atoms. The van der Waals surface area contributed by atoms with Crippen molar-refractivity contribution in [2.24, 2.45) is 0 Å². The number of halogens is 1. The normalized spacial score (nSPS) is 10.6. The molecular weight excluding hydrogens is 416 g/mol. The predicted molar refractivity (Wildman–Crippen MR) is 122 cm³/mol. The Labute approximate surface area is 184 Å². The second-order valence-corrected chi connectivity index (χ2v) is 7.92. The standard InChI is InChI=1S/C24H19ClN2O2S/c25-20-9-11-21(12-10-20)29-15-23(28)26-14-17-5-4-8-19(13-17)24-27-22(16-30-24)18-6-2-1-3-7-18/h1-13,16H,14-15H2,(H,26,28). The summed E-state index contributed by atoms with van der Waals surface area (Å²) in [5.74, 6) is 0.422. The van der Waals surface area contributed by atoms with E-state index in [2.05, 4.69) is 22.8 Å². The summed E-state index contributed by atoms with van der Waals surface area (Å²) < 4.78 is 5.47. The van der Waals surface area contributed by atoms with E-state index in [-0.39, 0.29) is 12.5 Å². The minimum atomic E-state index is -0.184. The van der Waals surface area contributed by atoms with Crippen molar-refractivity contribution in [2.45, 2.75) is 6.54 Å². The van der Waals surface area contributed by atoms with Crippen molar-refractivity contribution in [2.75, 3.05) is 6.61 Å². The average Bonchev–Trinajstić information content (AvgIpc) is 3.29. The van der Waals surface area contributed by atoms with Crippen molar-refractivity contribution in [3.05, 3.63) is 94.8 Å². The van der Waals surface area contributed by atoms with E-state index < -0.39 is 0 Å². The SMILES string of the molecule is O=C(COc1ccc(Cl)cc1)NCc1cccc(-c2nc(-c3ccccc3)cs2)c1. The Balaban J connectivity index is 1.35. The summed E-state index contributed by atoms with van der Waals surface area (Å²) in [6.45, 7) is 0.377. The molecule has 1 aromatic heterocycles. The van der Waals surface area contributed by atoms with E-state index in [1.165, 1.54) is 0 Å². The molecule has 1 heterocycles. The molecule has 0 aliphatic heterocycles. The van der Waals surface area contributed by atoms with Crippen molar-refractivity contribution >= 4 is 28.8 Å². The van der Waals surface area contributed by atoms with Gasteiger partial charge in [-0.1, -0.05) is 60.1 Å². The number of nitrogens with one attached hydrogen (secondary N) is 1. The lowest BCUT2D eigenvalue weighted by Gasteiger charge is -2.08. The predicted octanol–water partition coefficient (Wildman–Crippen LogP) is 5.83. The number of benzene rings is 3. The molecule has 3 aromatic carbocycles. The van der Waals surface area contributed by atoms with Gasteiger partial charge in [0.2, 0.25) is 0 Å². The van der Waals surface area contributed by atoms with E-state index in [9.17, 15) is 4.79 Å². The van der Waals surface area contributed by atoms with E-state index in [4.69, 9.17) is 21.3 Å². The van der Waals surface area contributed by atoms with Crippen LogP contribution in [0.5, 0.6) is 5.75 Å². The van der Waals surface area contributed by atoms with Crippen LogP contribution >= 0.6 is 22.9 Å². The van der Waals surface area contributed by atoms with E-state index in [0.29, 0.717) is 17.3 Å². The third kappa shape index (κ3) is 5.26. The highest BCUT2D eigenvalue weighted by molar-refractivity contribution is 7.13. The smallest absolute Gasteiger partial charge is 0.258 e. The van der Waals surface area contributed by atoms with Gasteiger partial charge in [-0.25, -0.2) is 4.98 Å². The van der Waals surface area contributed by atoms with Gasteiger partial charge in [-0.3, -0.25) is 4.79 Å². The van der Waals surface area contributed by atoms with E-state index >= 15 is 0 Å². The summed E-state index contributed by atoms with van der Waals surface area (Å²) >= 11 is 7.45.